The SMILES string of the molecule is CCCC[n+]1cc[nH]c1Cc1ccccc1. The number of benzene rings is 1. The zero-order valence-electron chi connectivity index (χ0n) is 9.82. The monoisotopic (exact) mass is 215 g/mol. The third-order valence-corrected chi connectivity index (χ3v) is 2.82. The molecule has 0 spiro atoms. The predicted octanol–water partition coefficient (Wildman–Crippen LogP) is 2.69. The van der Waals surface area contributed by atoms with Gasteiger partial charge in [-0.1, -0.05) is 43.7 Å². The van der Waals surface area contributed by atoms with Gasteiger partial charge in [0.05, 0.1) is 13.0 Å². The minimum Gasteiger partial charge on any atom is -0.247 e. The molecule has 1 N–H and O–H groups in total. The van der Waals surface area contributed by atoms with Gasteiger partial charge in [0.2, 0.25) is 0 Å². The molecule has 16 heavy (non-hydrogen) atoms. The summed E-state index contributed by atoms with van der Waals surface area (Å²) in [4.78, 5) is 3.33. The lowest BCUT2D eigenvalue weighted by molar-refractivity contribution is -0.702. The maximum absolute atomic E-state index is 3.33. The third-order valence-electron chi connectivity index (χ3n) is 2.82. The Hall–Kier alpha value is -1.57. The minimum absolute atomic E-state index is 0.984. The number of aromatic nitrogens is 2. The number of unbranched alkanes of at least 4 members (excludes halogenated alkanes) is 1. The van der Waals surface area contributed by atoms with E-state index in [1.54, 1.807) is 0 Å². The van der Waals surface area contributed by atoms with E-state index in [2.05, 4.69) is 53.0 Å². The molecule has 1 aromatic carbocycles. The van der Waals surface area contributed by atoms with Crippen LogP contribution in [-0.4, -0.2) is 4.98 Å². The van der Waals surface area contributed by atoms with E-state index < -0.39 is 0 Å². The lowest BCUT2D eigenvalue weighted by Crippen LogP contribution is -2.36. The molecule has 84 valence electrons. The van der Waals surface area contributed by atoms with E-state index in [1.165, 1.54) is 24.2 Å². The summed E-state index contributed by atoms with van der Waals surface area (Å²) in [7, 11) is 0. The van der Waals surface area contributed by atoms with E-state index >= 15 is 0 Å². The number of H-pyrrole nitrogens is 1. The Morgan fingerprint density at radius 2 is 2.00 bits per heavy atom. The fourth-order valence-electron chi connectivity index (χ4n) is 1.88. The molecule has 2 aromatic rings. The van der Waals surface area contributed by atoms with Crippen molar-refractivity contribution in [1.82, 2.24) is 4.98 Å². The molecule has 0 fully saturated rings. The first kappa shape index (κ1) is 10.9. The fraction of sp³-hybridized carbons (Fsp3) is 0.357. The van der Waals surface area contributed by atoms with Crippen molar-refractivity contribution in [3.8, 4) is 0 Å². The summed E-state index contributed by atoms with van der Waals surface area (Å²) < 4.78 is 2.32. The Morgan fingerprint density at radius 3 is 2.75 bits per heavy atom. The van der Waals surface area contributed by atoms with Crippen LogP contribution in [-0.2, 0) is 13.0 Å². The molecular weight excluding hydrogens is 196 g/mol. The normalized spacial score (nSPS) is 10.6. The Balaban J connectivity index is 2.07. The van der Waals surface area contributed by atoms with Gasteiger partial charge in [0, 0.05) is 0 Å². The van der Waals surface area contributed by atoms with E-state index in [-0.39, 0.29) is 0 Å². The standard InChI is InChI=1S/C14H18N2/c1-2-3-10-16-11-9-15-14(16)12-13-7-5-4-6-8-13/h4-9,11H,2-3,10,12H2,1H3/p+1. The molecule has 0 aliphatic rings. The molecule has 0 bridgehead atoms. The van der Waals surface area contributed by atoms with Crippen LogP contribution in [0, 0.1) is 0 Å². The first-order valence-electron chi connectivity index (χ1n) is 5.99. The number of aryl methyl sites for hydroxylation is 1. The lowest BCUT2D eigenvalue weighted by Gasteiger charge is -2.00. The summed E-state index contributed by atoms with van der Waals surface area (Å²) in [6.45, 7) is 3.34. The van der Waals surface area contributed by atoms with Crippen molar-refractivity contribution in [3.63, 3.8) is 0 Å². The molecule has 1 heterocycles. The summed E-state index contributed by atoms with van der Waals surface area (Å²) in [5.74, 6) is 1.29. The second-order valence-electron chi connectivity index (χ2n) is 4.12. The molecule has 0 amide bonds. The van der Waals surface area contributed by atoms with Gasteiger partial charge in [-0.25, -0.2) is 9.55 Å². The molecule has 0 aliphatic heterocycles. The van der Waals surface area contributed by atoms with E-state index in [1.807, 2.05) is 6.20 Å². The molecule has 0 saturated carbocycles. The minimum atomic E-state index is 0.984. The smallest absolute Gasteiger partial charge is 0.247 e. The van der Waals surface area contributed by atoms with E-state index in [4.69, 9.17) is 0 Å². The number of aromatic amines is 1. The van der Waals surface area contributed by atoms with E-state index in [0.717, 1.165) is 13.0 Å². The zero-order chi connectivity index (χ0) is 11.2. The predicted molar refractivity (Wildman–Crippen MR) is 65.1 cm³/mol. The molecule has 1 aromatic heterocycles. The second kappa shape index (κ2) is 5.50. The Labute approximate surface area is 97.0 Å². The summed E-state index contributed by atoms with van der Waals surface area (Å²) in [6, 6.07) is 10.6. The Morgan fingerprint density at radius 1 is 1.19 bits per heavy atom. The molecule has 0 atom stereocenters. The van der Waals surface area contributed by atoms with Crippen LogP contribution >= 0.6 is 0 Å². The lowest BCUT2D eigenvalue weighted by atomic mass is 10.1. The highest BCUT2D eigenvalue weighted by atomic mass is 15.1. The average molecular weight is 215 g/mol. The van der Waals surface area contributed by atoms with Crippen molar-refractivity contribution in [2.24, 2.45) is 0 Å². The van der Waals surface area contributed by atoms with Gasteiger partial charge in [0.1, 0.15) is 12.4 Å². The third kappa shape index (κ3) is 2.72. The molecule has 0 saturated heterocycles. The largest absolute Gasteiger partial charge is 0.258 e. The van der Waals surface area contributed by atoms with Crippen LogP contribution in [0.15, 0.2) is 42.7 Å². The summed E-state index contributed by atoms with van der Waals surface area (Å²) in [6.07, 6.45) is 7.62. The first-order valence-corrected chi connectivity index (χ1v) is 5.99. The van der Waals surface area contributed by atoms with Crippen LogP contribution in [0.25, 0.3) is 0 Å². The highest BCUT2D eigenvalue weighted by molar-refractivity contribution is 5.17. The van der Waals surface area contributed by atoms with Crippen LogP contribution in [0.3, 0.4) is 0 Å². The molecule has 2 heteroatoms. The summed E-state index contributed by atoms with van der Waals surface area (Å²) in [5.41, 5.74) is 1.36. The van der Waals surface area contributed by atoms with Crippen LogP contribution in [0.4, 0.5) is 0 Å². The quantitative estimate of drug-likeness (QED) is 0.740. The van der Waals surface area contributed by atoms with Gasteiger partial charge >= 0.3 is 0 Å². The van der Waals surface area contributed by atoms with Gasteiger partial charge in [-0.3, -0.25) is 0 Å². The zero-order valence-corrected chi connectivity index (χ0v) is 9.82. The Kier molecular flexibility index (Phi) is 3.76. The van der Waals surface area contributed by atoms with Crippen molar-refractivity contribution >= 4 is 0 Å². The summed E-state index contributed by atoms with van der Waals surface area (Å²) in [5, 5.41) is 0. The van der Waals surface area contributed by atoms with Crippen molar-refractivity contribution in [2.75, 3.05) is 0 Å². The fourth-order valence-corrected chi connectivity index (χ4v) is 1.88. The van der Waals surface area contributed by atoms with Gasteiger partial charge in [-0.15, -0.1) is 0 Å². The maximum Gasteiger partial charge on any atom is 0.258 e. The van der Waals surface area contributed by atoms with Crippen molar-refractivity contribution in [1.29, 1.82) is 0 Å². The number of rotatable bonds is 5. The van der Waals surface area contributed by atoms with Crippen molar-refractivity contribution in [3.05, 3.63) is 54.1 Å². The van der Waals surface area contributed by atoms with Crippen LogP contribution in [0.5, 0.6) is 0 Å². The number of hydrogen-bond donors (Lipinski definition) is 1. The van der Waals surface area contributed by atoms with Crippen LogP contribution in [0.1, 0.15) is 31.2 Å². The average Bonchev–Trinajstić information content (AvgIpc) is 2.75. The number of hydrogen-bond acceptors (Lipinski definition) is 0. The van der Waals surface area contributed by atoms with Crippen LogP contribution < -0.4 is 4.57 Å². The highest BCUT2D eigenvalue weighted by Crippen LogP contribution is 2.03. The molecule has 2 nitrogen and oxygen atoms in total. The van der Waals surface area contributed by atoms with Crippen molar-refractivity contribution < 1.29 is 4.57 Å². The van der Waals surface area contributed by atoms with E-state index in [0.29, 0.717) is 0 Å². The molecular formula is C14H19N2+. The van der Waals surface area contributed by atoms with Gasteiger partial charge in [-0.2, -0.15) is 0 Å². The van der Waals surface area contributed by atoms with E-state index in [9.17, 15) is 0 Å². The summed E-state index contributed by atoms with van der Waals surface area (Å²) >= 11 is 0. The Bertz CT molecular complexity index is 417. The number of nitrogens with zero attached hydrogens (tertiary/aromatic N) is 1. The number of imidazole rings is 1. The molecule has 0 radical (unpaired) electrons. The molecule has 2 rings (SSSR count). The number of nitrogens with one attached hydrogen (secondary N) is 1. The van der Waals surface area contributed by atoms with Gasteiger partial charge in [0.25, 0.3) is 5.82 Å². The molecule has 0 aliphatic carbocycles. The van der Waals surface area contributed by atoms with Gasteiger partial charge < -0.3 is 0 Å². The topological polar surface area (TPSA) is 19.7 Å². The van der Waals surface area contributed by atoms with Gasteiger partial charge in [-0.05, 0) is 12.0 Å². The molecule has 0 unspecified atom stereocenters. The van der Waals surface area contributed by atoms with Gasteiger partial charge in [0.15, 0.2) is 0 Å². The first-order chi connectivity index (χ1) is 7.90. The second-order valence-corrected chi connectivity index (χ2v) is 4.12. The maximum atomic E-state index is 3.33. The van der Waals surface area contributed by atoms with Crippen molar-refractivity contribution in [2.45, 2.75) is 32.7 Å². The highest BCUT2D eigenvalue weighted by Gasteiger charge is 2.10. The van der Waals surface area contributed by atoms with Crippen LogP contribution in [0.2, 0.25) is 0 Å².